The number of fused-ring (bicyclic) bond motifs is 1. The average molecular weight is 336 g/mol. The molecule has 2 aliphatic rings. The smallest absolute Gasteiger partial charge is 0.118 e. The minimum absolute atomic E-state index is 0.589. The van der Waals surface area contributed by atoms with E-state index in [1.54, 1.807) is 7.11 Å². The highest BCUT2D eigenvalue weighted by molar-refractivity contribution is 5.34. The normalized spacial score (nSPS) is 28.1. The number of rotatable bonds is 5. The molecule has 0 bridgehead atoms. The molecule has 132 valence electrons. The van der Waals surface area contributed by atoms with Gasteiger partial charge in [0.2, 0.25) is 0 Å². The van der Waals surface area contributed by atoms with Gasteiger partial charge in [-0.2, -0.15) is 0 Å². The summed E-state index contributed by atoms with van der Waals surface area (Å²) in [6, 6.07) is 11.5. The molecular weight excluding hydrogens is 308 g/mol. The molecule has 1 aromatic carbocycles. The van der Waals surface area contributed by atoms with Crippen LogP contribution < -0.4 is 10.1 Å². The summed E-state index contributed by atoms with van der Waals surface area (Å²) >= 11 is 0. The first-order valence-corrected chi connectivity index (χ1v) is 9.55. The van der Waals surface area contributed by atoms with E-state index in [1.807, 2.05) is 12.4 Å². The van der Waals surface area contributed by atoms with Crippen LogP contribution in [0.15, 0.2) is 42.7 Å². The molecule has 4 atom stereocenters. The zero-order valence-corrected chi connectivity index (χ0v) is 15.2. The first-order chi connectivity index (χ1) is 12.3. The Bertz CT molecular complexity index is 712. The molecule has 3 heteroatoms. The lowest BCUT2D eigenvalue weighted by molar-refractivity contribution is 0.0253. The Morgan fingerprint density at radius 1 is 1.08 bits per heavy atom. The van der Waals surface area contributed by atoms with E-state index in [2.05, 4.69) is 47.6 Å². The number of hydrogen-bond donors (Lipinski definition) is 1. The molecule has 0 unspecified atom stereocenters. The van der Waals surface area contributed by atoms with Crippen molar-refractivity contribution in [3.05, 3.63) is 59.4 Å². The summed E-state index contributed by atoms with van der Waals surface area (Å²) < 4.78 is 5.33. The second kappa shape index (κ2) is 7.17. The summed E-state index contributed by atoms with van der Waals surface area (Å²) in [6.07, 6.45) is 9.41. The van der Waals surface area contributed by atoms with E-state index in [0.29, 0.717) is 12.0 Å². The van der Waals surface area contributed by atoms with Crippen LogP contribution >= 0.6 is 0 Å². The van der Waals surface area contributed by atoms with Gasteiger partial charge in [-0.05, 0) is 66.5 Å². The summed E-state index contributed by atoms with van der Waals surface area (Å²) in [4.78, 5) is 4.21. The molecular formula is C22H28N2O. The number of hydrogen-bond acceptors (Lipinski definition) is 3. The zero-order chi connectivity index (χ0) is 17.2. The second-order valence-electron chi connectivity index (χ2n) is 7.62. The Morgan fingerprint density at radius 3 is 2.56 bits per heavy atom. The summed E-state index contributed by atoms with van der Waals surface area (Å²) in [7, 11) is 1.73. The monoisotopic (exact) mass is 336 g/mol. The molecule has 0 spiro atoms. The minimum Gasteiger partial charge on any atom is -0.497 e. The van der Waals surface area contributed by atoms with Crippen molar-refractivity contribution in [2.75, 3.05) is 7.11 Å². The largest absolute Gasteiger partial charge is 0.497 e. The Hall–Kier alpha value is -1.87. The lowest BCUT2D eigenvalue weighted by atomic mass is 9.53. The van der Waals surface area contributed by atoms with Gasteiger partial charge in [0.25, 0.3) is 0 Å². The predicted octanol–water partition coefficient (Wildman–Crippen LogP) is 4.46. The van der Waals surface area contributed by atoms with Gasteiger partial charge in [-0.3, -0.25) is 4.98 Å². The summed E-state index contributed by atoms with van der Waals surface area (Å²) in [5, 5.41) is 3.89. The zero-order valence-electron chi connectivity index (χ0n) is 15.2. The molecule has 0 aliphatic heterocycles. The van der Waals surface area contributed by atoms with Crippen LogP contribution in [0.25, 0.3) is 0 Å². The molecule has 1 heterocycles. The van der Waals surface area contributed by atoms with Crippen molar-refractivity contribution in [1.29, 1.82) is 0 Å². The number of benzene rings is 1. The standard InChI is InChI=1S/C22H28N2O/c1-15-13-23-12-11-17(15)14-24-22-20-6-4-3-5-19(20)21(22)16-7-9-18(25-2)10-8-16/h7-13,19-22,24H,3-6,14H2,1-2H3/t19-,20+,21+,22+/m1/s1. The number of nitrogens with zero attached hydrogens (tertiary/aromatic N) is 1. The van der Waals surface area contributed by atoms with E-state index in [0.717, 1.165) is 24.1 Å². The van der Waals surface area contributed by atoms with Crippen molar-refractivity contribution in [1.82, 2.24) is 10.3 Å². The molecule has 2 aromatic rings. The third-order valence-corrected chi connectivity index (χ3v) is 6.35. The highest BCUT2D eigenvalue weighted by Crippen LogP contribution is 2.54. The van der Waals surface area contributed by atoms with Crippen LogP contribution in [0.3, 0.4) is 0 Å². The van der Waals surface area contributed by atoms with Gasteiger partial charge in [0.05, 0.1) is 7.11 Å². The molecule has 4 rings (SSSR count). The number of nitrogens with one attached hydrogen (secondary N) is 1. The lowest BCUT2D eigenvalue weighted by Crippen LogP contribution is -2.57. The quantitative estimate of drug-likeness (QED) is 0.875. The Kier molecular flexibility index (Phi) is 4.76. The molecule has 1 N–H and O–H groups in total. The van der Waals surface area contributed by atoms with Crippen LogP contribution in [0, 0.1) is 18.8 Å². The Labute approximate surface area is 150 Å². The fourth-order valence-corrected chi connectivity index (χ4v) is 4.95. The number of aromatic nitrogens is 1. The van der Waals surface area contributed by atoms with Crippen LogP contribution in [-0.4, -0.2) is 18.1 Å². The van der Waals surface area contributed by atoms with E-state index < -0.39 is 0 Å². The third kappa shape index (κ3) is 3.18. The van der Waals surface area contributed by atoms with Crippen molar-refractivity contribution in [3.8, 4) is 5.75 Å². The first-order valence-electron chi connectivity index (χ1n) is 9.55. The van der Waals surface area contributed by atoms with Gasteiger partial charge in [-0.15, -0.1) is 0 Å². The van der Waals surface area contributed by atoms with Crippen LogP contribution in [0.2, 0.25) is 0 Å². The number of pyridine rings is 1. The van der Waals surface area contributed by atoms with E-state index in [4.69, 9.17) is 4.74 Å². The predicted molar refractivity (Wildman–Crippen MR) is 101 cm³/mol. The molecule has 2 saturated carbocycles. The summed E-state index contributed by atoms with van der Waals surface area (Å²) in [5.74, 6) is 3.26. The average Bonchev–Trinajstić information content (AvgIpc) is 2.65. The molecule has 1 aromatic heterocycles. The van der Waals surface area contributed by atoms with Crippen LogP contribution in [0.5, 0.6) is 5.75 Å². The molecule has 0 amide bonds. The summed E-state index contributed by atoms with van der Waals surface area (Å²) in [6.45, 7) is 3.09. The van der Waals surface area contributed by atoms with Gasteiger partial charge in [0.1, 0.15) is 5.75 Å². The fraction of sp³-hybridized carbons (Fsp3) is 0.500. The van der Waals surface area contributed by atoms with Gasteiger partial charge in [-0.1, -0.05) is 25.0 Å². The van der Waals surface area contributed by atoms with Crippen molar-refractivity contribution in [2.24, 2.45) is 11.8 Å². The van der Waals surface area contributed by atoms with Gasteiger partial charge < -0.3 is 10.1 Å². The Morgan fingerprint density at radius 2 is 1.84 bits per heavy atom. The maximum atomic E-state index is 5.33. The van der Waals surface area contributed by atoms with Crippen LogP contribution in [0.4, 0.5) is 0 Å². The molecule has 2 aliphatic carbocycles. The van der Waals surface area contributed by atoms with E-state index in [9.17, 15) is 0 Å². The van der Waals surface area contributed by atoms with E-state index >= 15 is 0 Å². The number of aryl methyl sites for hydroxylation is 1. The van der Waals surface area contributed by atoms with Crippen molar-refractivity contribution < 1.29 is 4.74 Å². The topological polar surface area (TPSA) is 34.1 Å². The van der Waals surface area contributed by atoms with Gasteiger partial charge in [0, 0.05) is 30.9 Å². The first kappa shape index (κ1) is 16.6. The second-order valence-corrected chi connectivity index (χ2v) is 7.62. The van der Waals surface area contributed by atoms with E-state index in [1.165, 1.54) is 42.4 Å². The molecule has 0 radical (unpaired) electrons. The maximum Gasteiger partial charge on any atom is 0.118 e. The lowest BCUT2D eigenvalue weighted by Gasteiger charge is -2.55. The molecule has 25 heavy (non-hydrogen) atoms. The van der Waals surface area contributed by atoms with Gasteiger partial charge in [0.15, 0.2) is 0 Å². The van der Waals surface area contributed by atoms with Crippen molar-refractivity contribution in [3.63, 3.8) is 0 Å². The maximum absolute atomic E-state index is 5.33. The minimum atomic E-state index is 0.589. The number of methoxy groups -OCH3 is 1. The molecule has 0 saturated heterocycles. The van der Waals surface area contributed by atoms with Gasteiger partial charge >= 0.3 is 0 Å². The fourth-order valence-electron chi connectivity index (χ4n) is 4.95. The van der Waals surface area contributed by atoms with Crippen LogP contribution in [0.1, 0.15) is 48.3 Å². The number of ether oxygens (including phenoxy) is 1. The SMILES string of the molecule is COc1ccc([C@H]2[C@@H]3CCCC[C@@H]3[C@@H]2NCc2ccncc2C)cc1. The highest BCUT2D eigenvalue weighted by Gasteiger charge is 2.50. The third-order valence-electron chi connectivity index (χ3n) is 6.35. The molecule has 3 nitrogen and oxygen atoms in total. The van der Waals surface area contributed by atoms with Crippen molar-refractivity contribution in [2.45, 2.75) is 51.1 Å². The van der Waals surface area contributed by atoms with Gasteiger partial charge in [-0.25, -0.2) is 0 Å². The summed E-state index contributed by atoms with van der Waals surface area (Å²) in [5.41, 5.74) is 4.10. The highest BCUT2D eigenvalue weighted by atomic mass is 16.5. The van der Waals surface area contributed by atoms with E-state index in [-0.39, 0.29) is 0 Å². The Balaban J connectivity index is 1.52. The van der Waals surface area contributed by atoms with Crippen molar-refractivity contribution >= 4 is 0 Å². The van der Waals surface area contributed by atoms with Crippen LogP contribution in [-0.2, 0) is 6.54 Å². The molecule has 2 fully saturated rings.